The van der Waals surface area contributed by atoms with Gasteiger partial charge >= 0.3 is 5.97 Å². The molecule has 3 aromatic carbocycles. The number of furan rings is 1. The van der Waals surface area contributed by atoms with E-state index in [-0.39, 0.29) is 30.8 Å². The van der Waals surface area contributed by atoms with Crippen LogP contribution in [-0.4, -0.2) is 18.5 Å². The molecule has 0 aliphatic rings. The normalized spacial score (nSPS) is 11.1. The summed E-state index contributed by atoms with van der Waals surface area (Å²) in [5.41, 5.74) is 11.8. The van der Waals surface area contributed by atoms with Crippen molar-refractivity contribution in [3.05, 3.63) is 83.6 Å². The number of ether oxygens (including phenoxy) is 2. The van der Waals surface area contributed by atoms with E-state index < -0.39 is 0 Å². The molecule has 0 unspecified atom stereocenters. The molecule has 4 aromatic rings. The second-order valence-electron chi connectivity index (χ2n) is 9.12. The van der Waals surface area contributed by atoms with Crippen molar-refractivity contribution in [1.29, 1.82) is 0 Å². The average molecular weight is 501 g/mol. The van der Waals surface area contributed by atoms with Gasteiger partial charge in [-0.1, -0.05) is 38.1 Å². The van der Waals surface area contributed by atoms with Gasteiger partial charge < -0.3 is 24.9 Å². The maximum atomic E-state index is 12.2. The largest absolute Gasteiger partial charge is 0.489 e. The highest BCUT2D eigenvalue weighted by molar-refractivity contribution is 5.93. The van der Waals surface area contributed by atoms with Crippen LogP contribution in [0.4, 0.5) is 5.69 Å². The Kier molecular flexibility index (Phi) is 8.25. The fourth-order valence-electron chi connectivity index (χ4n) is 4.04. The quantitative estimate of drug-likeness (QED) is 0.265. The minimum absolute atomic E-state index is 0.0689. The van der Waals surface area contributed by atoms with E-state index in [1.807, 2.05) is 50.2 Å². The predicted octanol–water partition coefficient (Wildman–Crippen LogP) is 5.84. The number of nitrogens with two attached hydrogens (primary N) is 1. The summed E-state index contributed by atoms with van der Waals surface area (Å²) in [6, 6.07) is 19.3. The van der Waals surface area contributed by atoms with Gasteiger partial charge in [-0.05, 0) is 53.9 Å². The van der Waals surface area contributed by atoms with Gasteiger partial charge in [0.1, 0.15) is 17.9 Å². The number of hydrogen-bond acceptors (Lipinski definition) is 6. The maximum absolute atomic E-state index is 12.2. The molecule has 0 fully saturated rings. The lowest BCUT2D eigenvalue weighted by atomic mass is 9.99. The number of rotatable bonds is 10. The van der Waals surface area contributed by atoms with Crippen LogP contribution in [0.2, 0.25) is 0 Å². The van der Waals surface area contributed by atoms with Crippen molar-refractivity contribution in [3.8, 4) is 16.9 Å². The molecule has 4 rings (SSSR count). The highest BCUT2D eigenvalue weighted by Crippen LogP contribution is 2.33. The number of anilines is 1. The van der Waals surface area contributed by atoms with E-state index in [1.54, 1.807) is 31.4 Å². The lowest BCUT2D eigenvalue weighted by molar-refractivity contribution is -0.142. The molecular weight excluding hydrogens is 468 g/mol. The number of nitrogens with one attached hydrogen (secondary N) is 1. The minimum Gasteiger partial charge on any atom is -0.489 e. The van der Waals surface area contributed by atoms with Gasteiger partial charge in [0.25, 0.3) is 0 Å². The van der Waals surface area contributed by atoms with Crippen molar-refractivity contribution in [3.63, 3.8) is 0 Å². The van der Waals surface area contributed by atoms with Crippen molar-refractivity contribution in [2.24, 2.45) is 11.7 Å². The highest BCUT2D eigenvalue weighted by atomic mass is 16.5. The molecular formula is C30H32N2O5. The van der Waals surface area contributed by atoms with Crippen LogP contribution >= 0.6 is 0 Å². The number of carbonyl (C=O) groups is 2. The van der Waals surface area contributed by atoms with Crippen LogP contribution in [0.3, 0.4) is 0 Å². The first kappa shape index (κ1) is 26.0. The van der Waals surface area contributed by atoms with E-state index >= 15 is 0 Å². The maximum Gasteiger partial charge on any atom is 0.310 e. The molecule has 0 bridgehead atoms. The third-order valence-electron chi connectivity index (χ3n) is 5.98. The zero-order valence-electron chi connectivity index (χ0n) is 21.4. The SMILES string of the molecule is CCOC(=O)Cc1ccc(NC(=O)C(C)C)cc1OCc1cc(-c2cccc(CN)c2)c2occc2c1. The topological polar surface area (TPSA) is 104 Å². The van der Waals surface area contributed by atoms with Crippen molar-refractivity contribution in [2.45, 2.75) is 40.3 Å². The molecule has 1 aromatic heterocycles. The van der Waals surface area contributed by atoms with Crippen LogP contribution in [0, 0.1) is 5.92 Å². The second kappa shape index (κ2) is 11.8. The minimum atomic E-state index is -0.340. The molecule has 0 saturated heterocycles. The number of benzene rings is 3. The van der Waals surface area contributed by atoms with Crippen molar-refractivity contribution < 1.29 is 23.5 Å². The number of fused-ring (bicyclic) bond motifs is 1. The fourth-order valence-corrected chi connectivity index (χ4v) is 4.04. The van der Waals surface area contributed by atoms with Gasteiger partial charge in [0.05, 0.1) is 19.3 Å². The third kappa shape index (κ3) is 6.37. The van der Waals surface area contributed by atoms with Crippen LogP contribution in [0.5, 0.6) is 5.75 Å². The summed E-state index contributed by atoms with van der Waals surface area (Å²) in [4.78, 5) is 24.4. The molecule has 0 radical (unpaired) electrons. The zero-order valence-corrected chi connectivity index (χ0v) is 21.4. The molecule has 1 amide bonds. The smallest absolute Gasteiger partial charge is 0.310 e. The van der Waals surface area contributed by atoms with Crippen LogP contribution in [0.25, 0.3) is 22.1 Å². The van der Waals surface area contributed by atoms with E-state index in [0.29, 0.717) is 30.2 Å². The Balaban J connectivity index is 1.65. The van der Waals surface area contributed by atoms with Crippen molar-refractivity contribution in [2.75, 3.05) is 11.9 Å². The molecule has 7 nitrogen and oxygen atoms in total. The van der Waals surface area contributed by atoms with Gasteiger partial charge in [0.2, 0.25) is 5.91 Å². The van der Waals surface area contributed by atoms with E-state index in [0.717, 1.165) is 33.2 Å². The van der Waals surface area contributed by atoms with Crippen molar-refractivity contribution >= 4 is 28.5 Å². The molecule has 192 valence electrons. The van der Waals surface area contributed by atoms with E-state index in [1.165, 1.54) is 0 Å². The Morgan fingerprint density at radius 3 is 2.62 bits per heavy atom. The fraction of sp³-hybridized carbons (Fsp3) is 0.267. The van der Waals surface area contributed by atoms with Crippen LogP contribution in [0.15, 0.2) is 71.3 Å². The number of esters is 1. The molecule has 0 aliphatic carbocycles. The number of carbonyl (C=O) groups excluding carboxylic acids is 2. The highest BCUT2D eigenvalue weighted by Gasteiger charge is 2.15. The van der Waals surface area contributed by atoms with Gasteiger partial charge in [-0.25, -0.2) is 0 Å². The van der Waals surface area contributed by atoms with Crippen LogP contribution in [-0.2, 0) is 33.9 Å². The van der Waals surface area contributed by atoms with E-state index in [9.17, 15) is 9.59 Å². The predicted molar refractivity (Wildman–Crippen MR) is 144 cm³/mol. The zero-order chi connectivity index (χ0) is 26.4. The molecule has 0 saturated carbocycles. The first-order valence-corrected chi connectivity index (χ1v) is 12.4. The van der Waals surface area contributed by atoms with Gasteiger partial charge in [0.15, 0.2) is 0 Å². The van der Waals surface area contributed by atoms with Gasteiger partial charge in [0, 0.05) is 40.7 Å². The second-order valence-corrected chi connectivity index (χ2v) is 9.12. The average Bonchev–Trinajstić information content (AvgIpc) is 3.37. The number of hydrogen-bond donors (Lipinski definition) is 2. The van der Waals surface area contributed by atoms with Gasteiger partial charge in [-0.15, -0.1) is 0 Å². The summed E-state index contributed by atoms with van der Waals surface area (Å²) in [5.74, 6) is -0.0953. The lowest BCUT2D eigenvalue weighted by Crippen LogP contribution is -2.18. The molecule has 37 heavy (non-hydrogen) atoms. The summed E-state index contributed by atoms with van der Waals surface area (Å²) in [7, 11) is 0. The van der Waals surface area contributed by atoms with Crippen LogP contribution in [0.1, 0.15) is 37.5 Å². The summed E-state index contributed by atoms with van der Waals surface area (Å²) < 4.78 is 17.2. The summed E-state index contributed by atoms with van der Waals surface area (Å²) in [6.45, 7) is 6.43. The molecule has 1 heterocycles. The standard InChI is InChI=1S/C30H32N2O5/c1-4-35-28(33)15-23-8-9-25(32-30(34)19(2)3)16-27(23)37-18-21-13-24-10-11-36-29(24)26(14-21)22-7-5-6-20(12-22)17-31/h5-14,16,19H,4,15,17-18,31H2,1-3H3,(H,32,34). The van der Waals surface area contributed by atoms with Crippen LogP contribution < -0.4 is 15.8 Å². The summed E-state index contributed by atoms with van der Waals surface area (Å²) >= 11 is 0. The first-order chi connectivity index (χ1) is 17.9. The lowest BCUT2D eigenvalue weighted by Gasteiger charge is -2.15. The van der Waals surface area contributed by atoms with E-state index in [2.05, 4.69) is 11.4 Å². The first-order valence-electron chi connectivity index (χ1n) is 12.4. The Morgan fingerprint density at radius 1 is 1.03 bits per heavy atom. The third-order valence-corrected chi connectivity index (χ3v) is 5.98. The Bertz CT molecular complexity index is 1410. The van der Waals surface area contributed by atoms with Gasteiger partial charge in [-0.2, -0.15) is 0 Å². The Labute approximate surface area is 216 Å². The summed E-state index contributed by atoms with van der Waals surface area (Å²) in [6.07, 6.45) is 1.74. The van der Waals surface area contributed by atoms with Crippen molar-refractivity contribution in [1.82, 2.24) is 0 Å². The monoisotopic (exact) mass is 500 g/mol. The number of amides is 1. The molecule has 7 heteroatoms. The molecule has 0 spiro atoms. The Morgan fingerprint density at radius 2 is 1.86 bits per heavy atom. The molecule has 0 atom stereocenters. The molecule has 0 aliphatic heterocycles. The van der Waals surface area contributed by atoms with Gasteiger partial charge in [-0.3, -0.25) is 9.59 Å². The van der Waals surface area contributed by atoms with E-state index in [4.69, 9.17) is 19.6 Å². The summed E-state index contributed by atoms with van der Waals surface area (Å²) in [5, 5.41) is 3.85. The molecule has 3 N–H and O–H groups in total. The Hall–Kier alpha value is -4.10.